The molecule has 1 fully saturated rings. The van der Waals surface area contributed by atoms with Gasteiger partial charge in [0, 0.05) is 37.4 Å². The molecule has 8 nitrogen and oxygen atoms in total. The molecule has 0 saturated carbocycles. The Hall–Kier alpha value is -3.75. The van der Waals surface area contributed by atoms with Crippen LogP contribution in [0.5, 0.6) is 5.75 Å². The average molecular weight is 467 g/mol. The molecule has 1 N–H and O–H groups in total. The number of benzene rings is 2. The van der Waals surface area contributed by atoms with Gasteiger partial charge >= 0.3 is 0 Å². The zero-order valence-electron chi connectivity index (χ0n) is 19.2. The van der Waals surface area contributed by atoms with Gasteiger partial charge < -0.3 is 19.5 Å². The van der Waals surface area contributed by atoms with Crippen molar-refractivity contribution in [2.24, 2.45) is 5.92 Å². The number of carbonyl (C=O) groups excluding carboxylic acids is 2. The number of nitrogens with one attached hydrogen (secondary N) is 1. The highest BCUT2D eigenvalue weighted by Crippen LogP contribution is 2.26. The predicted octanol–water partition coefficient (Wildman–Crippen LogP) is 4.00. The Kier molecular flexibility index (Phi) is 7.20. The van der Waals surface area contributed by atoms with Crippen molar-refractivity contribution in [1.82, 2.24) is 15.0 Å². The number of rotatable bonds is 7. The molecule has 0 bridgehead atoms. The molecule has 2 heterocycles. The van der Waals surface area contributed by atoms with Crippen LogP contribution in [0.1, 0.15) is 30.7 Å². The molecule has 0 aliphatic carbocycles. The first-order chi connectivity index (χ1) is 16.4. The molecule has 9 heteroatoms. The van der Waals surface area contributed by atoms with Gasteiger partial charge in [0.15, 0.2) is 0 Å². The minimum Gasteiger partial charge on any atom is -0.495 e. The number of hydrogen-bond donors (Lipinski definition) is 1. The van der Waals surface area contributed by atoms with Crippen LogP contribution in [0.15, 0.2) is 47.0 Å². The number of methoxy groups -OCH3 is 1. The van der Waals surface area contributed by atoms with E-state index in [0.717, 1.165) is 0 Å². The van der Waals surface area contributed by atoms with Crippen LogP contribution in [0, 0.1) is 18.7 Å². The second-order valence-electron chi connectivity index (χ2n) is 8.32. The highest BCUT2D eigenvalue weighted by molar-refractivity contribution is 5.94. The van der Waals surface area contributed by atoms with E-state index in [4.69, 9.17) is 9.26 Å². The maximum absolute atomic E-state index is 13.5. The molecule has 1 saturated heterocycles. The lowest BCUT2D eigenvalue weighted by molar-refractivity contribution is -0.134. The molecule has 0 spiro atoms. The number of piperidine rings is 1. The first-order valence-corrected chi connectivity index (χ1v) is 11.3. The molecule has 1 aromatic heterocycles. The Labute approximate surface area is 197 Å². The Morgan fingerprint density at radius 1 is 1.21 bits per heavy atom. The summed E-state index contributed by atoms with van der Waals surface area (Å²) in [5.41, 5.74) is 1.80. The van der Waals surface area contributed by atoms with Crippen LogP contribution in [0.3, 0.4) is 0 Å². The molecular formula is C25H27FN4O4. The van der Waals surface area contributed by atoms with Gasteiger partial charge in [-0.1, -0.05) is 17.3 Å². The second kappa shape index (κ2) is 10.5. The van der Waals surface area contributed by atoms with E-state index in [2.05, 4.69) is 15.5 Å². The third kappa shape index (κ3) is 5.41. The summed E-state index contributed by atoms with van der Waals surface area (Å²) >= 11 is 0. The van der Waals surface area contributed by atoms with E-state index in [0.29, 0.717) is 66.6 Å². The number of likely N-dealkylation sites (tertiary alicyclic amines) is 1. The number of nitrogens with zero attached hydrogens (tertiary/aromatic N) is 3. The van der Waals surface area contributed by atoms with Gasteiger partial charge in [-0.25, -0.2) is 4.39 Å². The Morgan fingerprint density at radius 3 is 2.71 bits per heavy atom. The molecule has 0 radical (unpaired) electrons. The second-order valence-corrected chi connectivity index (χ2v) is 8.32. The highest BCUT2D eigenvalue weighted by atomic mass is 19.1. The van der Waals surface area contributed by atoms with Crippen LogP contribution >= 0.6 is 0 Å². The number of carbonyl (C=O) groups is 2. The molecule has 2 aromatic carbocycles. The van der Waals surface area contributed by atoms with Crippen molar-refractivity contribution in [1.29, 1.82) is 0 Å². The van der Waals surface area contributed by atoms with Crippen molar-refractivity contribution < 1.29 is 23.2 Å². The lowest BCUT2D eigenvalue weighted by atomic mass is 9.95. The predicted molar refractivity (Wildman–Crippen MR) is 124 cm³/mol. The van der Waals surface area contributed by atoms with Gasteiger partial charge in [0.25, 0.3) is 0 Å². The third-order valence-electron chi connectivity index (χ3n) is 6.02. The van der Waals surface area contributed by atoms with Crippen LogP contribution in [0.2, 0.25) is 0 Å². The topological polar surface area (TPSA) is 97.6 Å². The summed E-state index contributed by atoms with van der Waals surface area (Å²) in [6, 6.07) is 11.9. The monoisotopic (exact) mass is 466 g/mol. The van der Waals surface area contributed by atoms with Crippen LogP contribution in [0.25, 0.3) is 11.4 Å². The van der Waals surface area contributed by atoms with E-state index in [1.165, 1.54) is 6.07 Å². The van der Waals surface area contributed by atoms with Crippen LogP contribution in [-0.4, -0.2) is 47.1 Å². The third-order valence-corrected chi connectivity index (χ3v) is 6.02. The van der Waals surface area contributed by atoms with Gasteiger partial charge in [-0.15, -0.1) is 0 Å². The zero-order valence-corrected chi connectivity index (χ0v) is 19.2. The maximum atomic E-state index is 13.5. The normalized spacial score (nSPS) is 14.1. The maximum Gasteiger partial charge on any atom is 0.227 e. The van der Waals surface area contributed by atoms with Crippen molar-refractivity contribution in [2.75, 3.05) is 25.5 Å². The number of halogens is 1. The van der Waals surface area contributed by atoms with Crippen molar-refractivity contribution in [3.63, 3.8) is 0 Å². The van der Waals surface area contributed by atoms with E-state index in [1.807, 2.05) is 12.1 Å². The van der Waals surface area contributed by atoms with E-state index in [9.17, 15) is 14.0 Å². The van der Waals surface area contributed by atoms with Crippen LogP contribution < -0.4 is 10.1 Å². The van der Waals surface area contributed by atoms with Gasteiger partial charge in [-0.05, 0) is 55.7 Å². The minimum atomic E-state index is -0.292. The summed E-state index contributed by atoms with van der Waals surface area (Å²) in [5.74, 6) is 0.809. The SMILES string of the molecule is COc1ccccc1NC(=O)C1CCN(C(=O)CCc2nc(-c3ccc(F)c(C)c3)no2)CC1. The van der Waals surface area contributed by atoms with E-state index in [-0.39, 0.29) is 30.0 Å². The van der Waals surface area contributed by atoms with Crippen molar-refractivity contribution in [2.45, 2.75) is 32.6 Å². The van der Waals surface area contributed by atoms with Gasteiger partial charge in [-0.3, -0.25) is 9.59 Å². The summed E-state index contributed by atoms with van der Waals surface area (Å²) in [6.07, 6.45) is 1.76. The molecule has 178 valence electrons. The molecule has 3 aromatic rings. The molecule has 0 atom stereocenters. The van der Waals surface area contributed by atoms with E-state index in [1.54, 1.807) is 43.2 Å². The number of anilines is 1. The first-order valence-electron chi connectivity index (χ1n) is 11.3. The van der Waals surface area contributed by atoms with Gasteiger partial charge in [0.05, 0.1) is 12.8 Å². The number of amides is 2. The number of aryl methyl sites for hydroxylation is 2. The van der Waals surface area contributed by atoms with Gasteiger partial charge in [-0.2, -0.15) is 4.98 Å². The summed E-state index contributed by atoms with van der Waals surface area (Å²) in [6.45, 7) is 2.71. The molecule has 2 amide bonds. The van der Waals surface area contributed by atoms with Crippen molar-refractivity contribution >= 4 is 17.5 Å². The minimum absolute atomic E-state index is 0.0130. The summed E-state index contributed by atoms with van der Waals surface area (Å²) in [7, 11) is 1.56. The zero-order chi connectivity index (χ0) is 24.1. The number of aromatic nitrogens is 2. The smallest absolute Gasteiger partial charge is 0.227 e. The number of ether oxygens (including phenoxy) is 1. The Bertz CT molecular complexity index is 1170. The molecule has 34 heavy (non-hydrogen) atoms. The van der Waals surface area contributed by atoms with Crippen LogP contribution in [0.4, 0.5) is 10.1 Å². The van der Waals surface area contributed by atoms with Gasteiger partial charge in [0.2, 0.25) is 23.5 Å². The van der Waals surface area contributed by atoms with Gasteiger partial charge in [0.1, 0.15) is 11.6 Å². The Balaban J connectivity index is 1.25. The fourth-order valence-electron chi connectivity index (χ4n) is 4.00. The molecular weight excluding hydrogens is 439 g/mol. The van der Waals surface area contributed by atoms with Crippen LogP contribution in [-0.2, 0) is 16.0 Å². The summed E-state index contributed by atoms with van der Waals surface area (Å²) in [4.78, 5) is 31.4. The average Bonchev–Trinajstić information content (AvgIpc) is 3.33. The molecule has 4 rings (SSSR count). The fourth-order valence-corrected chi connectivity index (χ4v) is 4.00. The lowest BCUT2D eigenvalue weighted by Gasteiger charge is -2.31. The fraction of sp³-hybridized carbons (Fsp3) is 0.360. The quantitative estimate of drug-likeness (QED) is 0.565. The molecule has 1 aliphatic rings. The molecule has 0 unspecified atom stereocenters. The van der Waals surface area contributed by atoms with Crippen molar-refractivity contribution in [3.8, 4) is 17.1 Å². The molecule has 1 aliphatic heterocycles. The lowest BCUT2D eigenvalue weighted by Crippen LogP contribution is -2.41. The standard InChI is InChI=1S/C25H27FN4O4/c1-16-15-18(7-8-19(16)26)24-28-22(34-29-24)9-10-23(31)30-13-11-17(12-14-30)25(32)27-20-5-3-4-6-21(20)33-2/h3-8,15,17H,9-14H2,1-2H3,(H,27,32). The highest BCUT2D eigenvalue weighted by Gasteiger charge is 2.28. The first kappa shape index (κ1) is 23.4. The largest absolute Gasteiger partial charge is 0.495 e. The van der Waals surface area contributed by atoms with E-state index >= 15 is 0 Å². The number of hydrogen-bond acceptors (Lipinski definition) is 6. The Morgan fingerprint density at radius 2 is 1.97 bits per heavy atom. The number of para-hydroxylation sites is 2. The van der Waals surface area contributed by atoms with E-state index < -0.39 is 0 Å². The summed E-state index contributed by atoms with van der Waals surface area (Å²) < 4.78 is 24.0. The summed E-state index contributed by atoms with van der Waals surface area (Å²) in [5, 5.41) is 6.87. The van der Waals surface area contributed by atoms with Crippen molar-refractivity contribution in [3.05, 3.63) is 59.7 Å².